The molecule has 0 fully saturated rings. The molecular formula is C15H12ClIO3. The van der Waals surface area contributed by atoms with Crippen LogP contribution in [0.1, 0.15) is 15.9 Å². The Morgan fingerprint density at radius 2 is 1.80 bits per heavy atom. The molecular weight excluding hydrogens is 391 g/mol. The van der Waals surface area contributed by atoms with E-state index >= 15 is 0 Å². The molecule has 0 amide bonds. The molecule has 3 nitrogen and oxygen atoms in total. The number of methoxy groups -OCH3 is 1. The van der Waals surface area contributed by atoms with Gasteiger partial charge in [-0.05, 0) is 71.5 Å². The quantitative estimate of drug-likeness (QED) is 0.545. The second kappa shape index (κ2) is 6.45. The van der Waals surface area contributed by atoms with E-state index in [9.17, 15) is 4.79 Å². The second-order valence-corrected chi connectivity index (χ2v) is 5.66. The molecule has 2 rings (SSSR count). The first kappa shape index (κ1) is 15.1. The number of ether oxygens (including phenoxy) is 2. The van der Waals surface area contributed by atoms with Crippen LogP contribution in [0.2, 0.25) is 5.02 Å². The largest absolute Gasteiger partial charge is 0.465 e. The highest BCUT2D eigenvalue weighted by Gasteiger charge is 2.14. The van der Waals surface area contributed by atoms with Crippen molar-refractivity contribution in [3.63, 3.8) is 0 Å². The fourth-order valence-corrected chi connectivity index (χ4v) is 2.35. The van der Waals surface area contributed by atoms with Gasteiger partial charge in [-0.25, -0.2) is 4.79 Å². The fourth-order valence-electron chi connectivity index (χ4n) is 1.69. The molecule has 0 aliphatic heterocycles. The van der Waals surface area contributed by atoms with Crippen LogP contribution in [0.3, 0.4) is 0 Å². The van der Waals surface area contributed by atoms with E-state index in [2.05, 4.69) is 22.6 Å². The van der Waals surface area contributed by atoms with Gasteiger partial charge >= 0.3 is 5.97 Å². The van der Waals surface area contributed by atoms with E-state index in [1.807, 2.05) is 13.0 Å². The summed E-state index contributed by atoms with van der Waals surface area (Å²) in [5.41, 5.74) is 1.45. The number of halogens is 2. The zero-order valence-corrected chi connectivity index (χ0v) is 13.9. The Balaban J connectivity index is 2.35. The Morgan fingerprint density at radius 1 is 1.15 bits per heavy atom. The molecule has 0 unspecified atom stereocenters. The second-order valence-electron chi connectivity index (χ2n) is 4.15. The van der Waals surface area contributed by atoms with Gasteiger partial charge in [0.25, 0.3) is 0 Å². The number of aryl methyl sites for hydroxylation is 1. The summed E-state index contributed by atoms with van der Waals surface area (Å²) >= 11 is 7.95. The maximum Gasteiger partial charge on any atom is 0.339 e. The fraction of sp³-hybridized carbons (Fsp3) is 0.133. The standard InChI is InChI=1S/C15H12ClIO3/c1-9-7-12(8-13(14(9)17)15(18)19-2)20-11-5-3-10(16)4-6-11/h3-8H,1-2H3. The van der Waals surface area contributed by atoms with Crippen molar-refractivity contribution in [3.05, 3.63) is 56.1 Å². The molecule has 0 radical (unpaired) electrons. The lowest BCUT2D eigenvalue weighted by molar-refractivity contribution is 0.0599. The molecule has 0 N–H and O–H groups in total. The zero-order chi connectivity index (χ0) is 14.7. The van der Waals surface area contributed by atoms with Crippen molar-refractivity contribution >= 4 is 40.2 Å². The van der Waals surface area contributed by atoms with Crippen LogP contribution in [0.5, 0.6) is 11.5 Å². The SMILES string of the molecule is COC(=O)c1cc(Oc2ccc(Cl)cc2)cc(C)c1I. The minimum absolute atomic E-state index is 0.376. The van der Waals surface area contributed by atoms with Crippen LogP contribution in [0.15, 0.2) is 36.4 Å². The Hall–Kier alpha value is -1.27. The molecule has 0 atom stereocenters. The molecule has 0 saturated carbocycles. The highest BCUT2D eigenvalue weighted by atomic mass is 127. The lowest BCUT2D eigenvalue weighted by Gasteiger charge is -2.11. The summed E-state index contributed by atoms with van der Waals surface area (Å²) in [6.45, 7) is 1.92. The maximum absolute atomic E-state index is 11.7. The number of hydrogen-bond donors (Lipinski definition) is 0. The Bertz CT molecular complexity index is 638. The van der Waals surface area contributed by atoms with Crippen molar-refractivity contribution in [1.82, 2.24) is 0 Å². The average molecular weight is 403 g/mol. The number of esters is 1. The van der Waals surface area contributed by atoms with Gasteiger partial charge in [-0.2, -0.15) is 0 Å². The van der Waals surface area contributed by atoms with Gasteiger partial charge in [-0.3, -0.25) is 0 Å². The number of hydrogen-bond acceptors (Lipinski definition) is 3. The van der Waals surface area contributed by atoms with Gasteiger partial charge in [0.1, 0.15) is 11.5 Å². The first-order valence-corrected chi connectivity index (χ1v) is 7.29. The highest BCUT2D eigenvalue weighted by Crippen LogP contribution is 2.28. The zero-order valence-electron chi connectivity index (χ0n) is 10.9. The van der Waals surface area contributed by atoms with Crippen LogP contribution in [0.4, 0.5) is 0 Å². The van der Waals surface area contributed by atoms with E-state index in [0.29, 0.717) is 22.1 Å². The van der Waals surface area contributed by atoms with Crippen LogP contribution in [0, 0.1) is 10.5 Å². The van der Waals surface area contributed by atoms with Crippen molar-refractivity contribution in [1.29, 1.82) is 0 Å². The van der Waals surface area contributed by atoms with Gasteiger partial charge in [0.15, 0.2) is 0 Å². The summed E-state index contributed by atoms with van der Waals surface area (Å²) in [5, 5.41) is 0.645. The van der Waals surface area contributed by atoms with Crippen LogP contribution in [0.25, 0.3) is 0 Å². The summed E-state index contributed by atoms with van der Waals surface area (Å²) in [6, 6.07) is 10.6. The van der Waals surface area contributed by atoms with Crippen molar-refractivity contribution in [2.24, 2.45) is 0 Å². The van der Waals surface area contributed by atoms with Crippen molar-refractivity contribution in [2.75, 3.05) is 7.11 Å². The Labute approximate surface area is 136 Å². The van der Waals surface area contributed by atoms with Crippen LogP contribution < -0.4 is 4.74 Å². The van der Waals surface area contributed by atoms with E-state index in [1.165, 1.54) is 7.11 Å². The molecule has 104 valence electrons. The molecule has 20 heavy (non-hydrogen) atoms. The number of benzene rings is 2. The van der Waals surface area contributed by atoms with Gasteiger partial charge in [-0.15, -0.1) is 0 Å². The molecule has 0 spiro atoms. The third kappa shape index (κ3) is 3.43. The molecule has 2 aromatic rings. The van der Waals surface area contributed by atoms with Gasteiger partial charge in [-0.1, -0.05) is 11.6 Å². The van der Waals surface area contributed by atoms with Crippen LogP contribution in [-0.4, -0.2) is 13.1 Å². The Kier molecular flexibility index (Phi) is 4.88. The maximum atomic E-state index is 11.7. The normalized spacial score (nSPS) is 10.2. The highest BCUT2D eigenvalue weighted by molar-refractivity contribution is 14.1. The van der Waals surface area contributed by atoms with Crippen molar-refractivity contribution in [3.8, 4) is 11.5 Å². The lowest BCUT2D eigenvalue weighted by atomic mass is 10.1. The topological polar surface area (TPSA) is 35.5 Å². The third-order valence-electron chi connectivity index (χ3n) is 2.68. The van der Waals surface area contributed by atoms with Crippen molar-refractivity contribution in [2.45, 2.75) is 6.92 Å². The first-order valence-electron chi connectivity index (χ1n) is 5.83. The summed E-state index contributed by atoms with van der Waals surface area (Å²) in [6.07, 6.45) is 0. The van der Waals surface area contributed by atoms with E-state index in [-0.39, 0.29) is 5.97 Å². The summed E-state index contributed by atoms with van der Waals surface area (Å²) < 4.78 is 11.4. The van der Waals surface area contributed by atoms with E-state index in [0.717, 1.165) is 9.13 Å². The molecule has 0 aliphatic carbocycles. The summed E-state index contributed by atoms with van der Waals surface area (Å²) in [5.74, 6) is 0.871. The number of carbonyl (C=O) groups is 1. The van der Waals surface area contributed by atoms with Gasteiger partial charge in [0, 0.05) is 8.59 Å². The molecule has 0 aliphatic rings. The molecule has 0 saturated heterocycles. The minimum atomic E-state index is -0.376. The first-order chi connectivity index (χ1) is 9.51. The van der Waals surface area contributed by atoms with E-state index in [1.54, 1.807) is 30.3 Å². The predicted octanol–water partition coefficient (Wildman–Crippen LogP) is 4.83. The summed E-state index contributed by atoms with van der Waals surface area (Å²) in [7, 11) is 1.36. The lowest BCUT2D eigenvalue weighted by Crippen LogP contribution is -2.05. The molecule has 0 bridgehead atoms. The smallest absolute Gasteiger partial charge is 0.339 e. The van der Waals surface area contributed by atoms with Crippen molar-refractivity contribution < 1.29 is 14.3 Å². The Morgan fingerprint density at radius 3 is 2.40 bits per heavy atom. The van der Waals surface area contributed by atoms with Crippen LogP contribution >= 0.6 is 34.2 Å². The minimum Gasteiger partial charge on any atom is -0.465 e. The van der Waals surface area contributed by atoms with E-state index < -0.39 is 0 Å². The van der Waals surface area contributed by atoms with Gasteiger partial charge in [0.2, 0.25) is 0 Å². The summed E-state index contributed by atoms with van der Waals surface area (Å²) in [4.78, 5) is 11.7. The molecule has 2 aromatic carbocycles. The number of rotatable bonds is 3. The monoisotopic (exact) mass is 402 g/mol. The van der Waals surface area contributed by atoms with Gasteiger partial charge < -0.3 is 9.47 Å². The van der Waals surface area contributed by atoms with Gasteiger partial charge in [0.05, 0.1) is 12.7 Å². The molecule has 0 heterocycles. The van der Waals surface area contributed by atoms with Crippen LogP contribution in [-0.2, 0) is 4.74 Å². The third-order valence-corrected chi connectivity index (χ3v) is 4.37. The predicted molar refractivity (Wildman–Crippen MR) is 86.8 cm³/mol. The number of carbonyl (C=O) groups excluding carboxylic acids is 1. The van der Waals surface area contributed by atoms with E-state index in [4.69, 9.17) is 21.1 Å². The molecule has 5 heteroatoms. The molecule has 0 aromatic heterocycles. The average Bonchev–Trinajstić information content (AvgIpc) is 2.44.